The predicted octanol–water partition coefficient (Wildman–Crippen LogP) is 5.56. The molecule has 0 bridgehead atoms. The molecule has 148 valence electrons. The highest BCUT2D eigenvalue weighted by Crippen LogP contribution is 2.33. The molecule has 4 nitrogen and oxygen atoms in total. The van der Waals surface area contributed by atoms with Crippen LogP contribution in [-0.2, 0) is 14.6 Å². The molecule has 1 heterocycles. The number of nitrogens with zero attached hydrogens (tertiary/aromatic N) is 1. The fourth-order valence-corrected chi connectivity index (χ4v) is 7.17. The van der Waals surface area contributed by atoms with Crippen molar-refractivity contribution in [3.63, 3.8) is 0 Å². The van der Waals surface area contributed by atoms with E-state index in [-0.39, 0.29) is 16.0 Å². The maximum atomic E-state index is 13.4. The Balaban J connectivity index is 1.87. The molecule has 0 N–H and O–H groups in total. The molecule has 6 heteroatoms. The Labute approximate surface area is 166 Å². The van der Waals surface area contributed by atoms with Gasteiger partial charge in [-0.3, -0.25) is 4.79 Å². The average molecular weight is 408 g/mol. The van der Waals surface area contributed by atoms with Crippen molar-refractivity contribution in [1.29, 1.82) is 0 Å². The van der Waals surface area contributed by atoms with Gasteiger partial charge in [0.05, 0.1) is 10.2 Å². The summed E-state index contributed by atoms with van der Waals surface area (Å²) in [5.74, 6) is -0.162. The highest BCUT2D eigenvalue weighted by atomic mass is 32.2. The van der Waals surface area contributed by atoms with Crippen molar-refractivity contribution < 1.29 is 13.2 Å². The lowest BCUT2D eigenvalue weighted by Gasteiger charge is -2.25. The van der Waals surface area contributed by atoms with Gasteiger partial charge in [0.25, 0.3) is 0 Å². The lowest BCUT2D eigenvalue weighted by atomic mass is 9.84. The quantitative estimate of drug-likeness (QED) is 0.511. The van der Waals surface area contributed by atoms with Crippen LogP contribution in [0, 0.1) is 5.92 Å². The number of unbranched alkanes of at least 4 members (excludes halogenated alkanes) is 3. The summed E-state index contributed by atoms with van der Waals surface area (Å²) >= 11 is 1.19. The molecule has 27 heavy (non-hydrogen) atoms. The van der Waals surface area contributed by atoms with Gasteiger partial charge in [0.2, 0.25) is 14.2 Å². The Morgan fingerprint density at radius 1 is 1.15 bits per heavy atom. The molecule has 0 saturated heterocycles. The zero-order valence-corrected chi connectivity index (χ0v) is 17.7. The molecule has 1 aromatic heterocycles. The minimum absolute atomic E-state index is 0.0644. The summed E-state index contributed by atoms with van der Waals surface area (Å²) in [7, 11) is -3.74. The molecule has 1 atom stereocenters. The fourth-order valence-electron chi connectivity index (χ4n) is 3.95. The zero-order valence-electron chi connectivity index (χ0n) is 16.0. The van der Waals surface area contributed by atoms with Crippen LogP contribution < -0.4 is 0 Å². The number of benzene rings is 1. The van der Waals surface area contributed by atoms with E-state index in [0.717, 1.165) is 62.5 Å². The number of Topliss-reactive ketones (excluding diaryl/α,β-unsaturated/α-hetero) is 1. The van der Waals surface area contributed by atoms with E-state index in [4.69, 9.17) is 0 Å². The molecule has 0 amide bonds. The van der Waals surface area contributed by atoms with Crippen LogP contribution in [0.4, 0.5) is 0 Å². The first-order chi connectivity index (χ1) is 13.0. The molecule has 1 unspecified atom stereocenters. The summed E-state index contributed by atoms with van der Waals surface area (Å²) in [5.41, 5.74) is 0.691. The van der Waals surface area contributed by atoms with Crippen molar-refractivity contribution in [3.05, 3.63) is 24.3 Å². The molecule has 0 aliphatic heterocycles. The van der Waals surface area contributed by atoms with Crippen molar-refractivity contribution >= 4 is 37.2 Å². The average Bonchev–Trinajstić information content (AvgIpc) is 3.13. The van der Waals surface area contributed by atoms with Crippen molar-refractivity contribution in [2.24, 2.45) is 5.92 Å². The van der Waals surface area contributed by atoms with Crippen LogP contribution in [0.25, 0.3) is 10.2 Å². The highest BCUT2D eigenvalue weighted by Gasteiger charge is 2.39. The first kappa shape index (κ1) is 20.5. The maximum absolute atomic E-state index is 13.4. The second kappa shape index (κ2) is 9.28. The van der Waals surface area contributed by atoms with Gasteiger partial charge in [0.15, 0.2) is 5.78 Å². The summed E-state index contributed by atoms with van der Waals surface area (Å²) in [6.45, 7) is 2.13. The Morgan fingerprint density at radius 2 is 1.89 bits per heavy atom. The fraction of sp³-hybridized carbons (Fsp3) is 0.619. The van der Waals surface area contributed by atoms with Crippen LogP contribution >= 0.6 is 11.3 Å². The number of fused-ring (bicyclic) bond motifs is 1. The molecule has 1 saturated carbocycles. The zero-order chi connectivity index (χ0) is 19.3. The van der Waals surface area contributed by atoms with Crippen LogP contribution in [0.15, 0.2) is 28.6 Å². The molecule has 1 aliphatic carbocycles. The Bertz CT molecular complexity index is 833. The van der Waals surface area contributed by atoms with E-state index >= 15 is 0 Å². The molecule has 1 aromatic carbocycles. The smallest absolute Gasteiger partial charge is 0.215 e. The van der Waals surface area contributed by atoms with Gasteiger partial charge >= 0.3 is 0 Å². The van der Waals surface area contributed by atoms with E-state index in [1.807, 2.05) is 24.3 Å². The van der Waals surface area contributed by atoms with Crippen LogP contribution in [0.5, 0.6) is 0 Å². The second-order valence-electron chi connectivity index (χ2n) is 7.57. The third-order valence-corrected chi connectivity index (χ3v) is 9.11. The minimum atomic E-state index is -3.74. The minimum Gasteiger partial charge on any atom is -0.298 e. The Hall–Kier alpha value is -1.27. The number of hydrogen-bond donors (Lipinski definition) is 0. The second-order valence-corrected chi connectivity index (χ2v) is 10.9. The monoisotopic (exact) mass is 407 g/mol. The van der Waals surface area contributed by atoms with E-state index in [1.54, 1.807) is 0 Å². The molecular formula is C21H29NO3S2. The van der Waals surface area contributed by atoms with Crippen LogP contribution in [-0.4, -0.2) is 24.4 Å². The summed E-state index contributed by atoms with van der Waals surface area (Å²) in [4.78, 5) is 17.6. The van der Waals surface area contributed by atoms with E-state index in [0.29, 0.717) is 11.9 Å². The van der Waals surface area contributed by atoms with Crippen LogP contribution in [0.3, 0.4) is 0 Å². The van der Waals surface area contributed by atoms with Gasteiger partial charge in [0.1, 0.15) is 5.25 Å². The van der Waals surface area contributed by atoms with Gasteiger partial charge in [-0.05, 0) is 31.4 Å². The Morgan fingerprint density at radius 3 is 2.59 bits per heavy atom. The van der Waals surface area contributed by atoms with Crippen molar-refractivity contribution in [1.82, 2.24) is 4.98 Å². The number of ketones is 1. The van der Waals surface area contributed by atoms with Crippen LogP contribution in [0.2, 0.25) is 0 Å². The normalized spacial score (nSPS) is 17.2. The lowest BCUT2D eigenvalue weighted by Crippen LogP contribution is -2.36. The maximum Gasteiger partial charge on any atom is 0.215 e. The van der Waals surface area contributed by atoms with Crippen molar-refractivity contribution in [3.8, 4) is 0 Å². The van der Waals surface area contributed by atoms with Gasteiger partial charge in [0, 0.05) is 5.92 Å². The third-order valence-electron chi connectivity index (χ3n) is 5.54. The Kier molecular flexibility index (Phi) is 7.04. The van der Waals surface area contributed by atoms with Gasteiger partial charge in [-0.15, -0.1) is 11.3 Å². The van der Waals surface area contributed by atoms with Gasteiger partial charge in [-0.2, -0.15) is 0 Å². The first-order valence-electron chi connectivity index (χ1n) is 10.2. The van der Waals surface area contributed by atoms with Crippen molar-refractivity contribution in [2.75, 3.05) is 0 Å². The predicted molar refractivity (Wildman–Crippen MR) is 111 cm³/mol. The summed E-state index contributed by atoms with van der Waals surface area (Å²) in [5, 5.41) is -0.932. The SMILES string of the molecule is CCCCCCC(C(=O)C1CCCCC1)S(=O)(=O)c1nc2ccccc2s1. The third kappa shape index (κ3) is 4.77. The highest BCUT2D eigenvalue weighted by molar-refractivity contribution is 7.94. The molecule has 2 aromatic rings. The molecule has 1 fully saturated rings. The van der Waals surface area contributed by atoms with Gasteiger partial charge in [-0.1, -0.05) is 64.0 Å². The molecule has 0 spiro atoms. The lowest BCUT2D eigenvalue weighted by molar-refractivity contribution is -0.123. The van der Waals surface area contributed by atoms with Gasteiger partial charge in [-0.25, -0.2) is 13.4 Å². The standard InChI is InChI=1S/C21H29NO3S2/c1-2-3-4-8-15-19(20(23)16-11-6-5-7-12-16)27(24,25)21-22-17-13-9-10-14-18(17)26-21/h9-10,13-14,16,19H,2-8,11-12,15H2,1H3. The number of carbonyl (C=O) groups is 1. The van der Waals surface area contributed by atoms with E-state index in [1.165, 1.54) is 11.3 Å². The van der Waals surface area contributed by atoms with E-state index < -0.39 is 15.1 Å². The molecule has 0 radical (unpaired) electrons. The van der Waals surface area contributed by atoms with Gasteiger partial charge < -0.3 is 0 Å². The number of hydrogen-bond acceptors (Lipinski definition) is 5. The number of sulfone groups is 1. The first-order valence-corrected chi connectivity index (χ1v) is 12.5. The number of aromatic nitrogens is 1. The molecule has 1 aliphatic rings. The summed E-state index contributed by atoms with van der Waals surface area (Å²) in [6, 6.07) is 7.44. The van der Waals surface area contributed by atoms with E-state index in [9.17, 15) is 13.2 Å². The molecule has 3 rings (SSSR count). The topological polar surface area (TPSA) is 64.1 Å². The summed E-state index contributed by atoms with van der Waals surface area (Å²) < 4.78 is 27.7. The van der Waals surface area contributed by atoms with E-state index in [2.05, 4.69) is 11.9 Å². The number of carbonyl (C=O) groups excluding carboxylic acids is 1. The number of rotatable bonds is 9. The largest absolute Gasteiger partial charge is 0.298 e. The van der Waals surface area contributed by atoms with Crippen LogP contribution in [0.1, 0.15) is 71.1 Å². The molecular weight excluding hydrogens is 378 g/mol. The summed E-state index contributed by atoms with van der Waals surface area (Å²) in [6.07, 6.45) is 9.21. The van der Waals surface area contributed by atoms with Crippen molar-refractivity contribution in [2.45, 2.75) is 80.7 Å². The number of para-hydroxylation sites is 1. The number of thiazole rings is 1.